The van der Waals surface area contributed by atoms with Gasteiger partial charge in [0, 0.05) is 17.3 Å². The van der Waals surface area contributed by atoms with Crippen molar-refractivity contribution < 1.29 is 9.94 Å². The SMILES string of the molecule is CC.CCc1cnc(/C(C)=N/OCC(C)(C)CO)nc1CC. The molecule has 0 unspecified atom stereocenters. The third-order valence-corrected chi connectivity index (χ3v) is 3.08. The highest BCUT2D eigenvalue weighted by molar-refractivity contribution is 5.94. The third kappa shape index (κ3) is 6.52. The highest BCUT2D eigenvalue weighted by Gasteiger charge is 2.17. The Morgan fingerprint density at radius 3 is 2.41 bits per heavy atom. The number of hydrogen-bond donors (Lipinski definition) is 1. The smallest absolute Gasteiger partial charge is 0.177 e. The van der Waals surface area contributed by atoms with Crippen LogP contribution in [0.5, 0.6) is 0 Å². The number of aromatic nitrogens is 2. The normalized spacial score (nSPS) is 11.7. The van der Waals surface area contributed by atoms with Crippen molar-refractivity contribution in [3.63, 3.8) is 0 Å². The van der Waals surface area contributed by atoms with Gasteiger partial charge in [-0.15, -0.1) is 0 Å². The van der Waals surface area contributed by atoms with Crippen LogP contribution in [0.2, 0.25) is 0 Å². The van der Waals surface area contributed by atoms with E-state index in [4.69, 9.17) is 9.94 Å². The molecule has 126 valence electrons. The van der Waals surface area contributed by atoms with Gasteiger partial charge in [0.25, 0.3) is 0 Å². The van der Waals surface area contributed by atoms with Crippen LogP contribution < -0.4 is 0 Å². The zero-order chi connectivity index (χ0) is 17.2. The molecule has 0 bridgehead atoms. The van der Waals surface area contributed by atoms with E-state index in [1.54, 1.807) is 0 Å². The predicted octanol–water partition coefficient (Wildman–Crippen LogP) is 3.39. The Morgan fingerprint density at radius 2 is 1.91 bits per heavy atom. The van der Waals surface area contributed by atoms with E-state index in [1.807, 2.05) is 40.8 Å². The van der Waals surface area contributed by atoms with Crippen LogP contribution in [0.15, 0.2) is 11.4 Å². The van der Waals surface area contributed by atoms with Crippen molar-refractivity contribution in [2.24, 2.45) is 10.6 Å². The second-order valence-corrected chi connectivity index (χ2v) is 5.65. The fourth-order valence-corrected chi connectivity index (χ4v) is 1.61. The molecule has 0 amide bonds. The highest BCUT2D eigenvalue weighted by Crippen LogP contribution is 2.14. The second-order valence-electron chi connectivity index (χ2n) is 5.65. The summed E-state index contributed by atoms with van der Waals surface area (Å²) in [5.74, 6) is 0.598. The number of hydrogen-bond acceptors (Lipinski definition) is 5. The van der Waals surface area contributed by atoms with E-state index >= 15 is 0 Å². The molecule has 1 aromatic heterocycles. The molecule has 1 heterocycles. The van der Waals surface area contributed by atoms with E-state index in [0.29, 0.717) is 18.1 Å². The summed E-state index contributed by atoms with van der Waals surface area (Å²) in [6.07, 6.45) is 3.67. The van der Waals surface area contributed by atoms with Crippen molar-refractivity contribution in [1.29, 1.82) is 0 Å². The van der Waals surface area contributed by atoms with Gasteiger partial charge < -0.3 is 9.94 Å². The van der Waals surface area contributed by atoms with Crippen LogP contribution in [0.3, 0.4) is 0 Å². The van der Waals surface area contributed by atoms with Crippen molar-refractivity contribution in [1.82, 2.24) is 9.97 Å². The molecule has 0 aliphatic rings. The average Bonchev–Trinajstić information content (AvgIpc) is 2.55. The molecule has 5 heteroatoms. The molecule has 1 N–H and O–H groups in total. The first kappa shape index (κ1) is 20.5. The molecule has 0 aromatic carbocycles. The standard InChI is InChI=1S/C15H25N3O2.C2H6/c1-6-12-8-16-14(17-13(12)7-2)11(3)18-20-10-15(4,5)9-19;1-2/h8,19H,6-7,9-10H2,1-5H3;1-2H3/b18-11+;. The summed E-state index contributed by atoms with van der Waals surface area (Å²) in [5.41, 5.74) is 2.58. The van der Waals surface area contributed by atoms with Gasteiger partial charge in [-0.2, -0.15) is 0 Å². The predicted molar refractivity (Wildman–Crippen MR) is 91.2 cm³/mol. The first-order chi connectivity index (χ1) is 10.4. The second kappa shape index (κ2) is 10.3. The minimum atomic E-state index is -0.300. The van der Waals surface area contributed by atoms with Crippen LogP contribution in [0, 0.1) is 5.41 Å². The van der Waals surface area contributed by atoms with Gasteiger partial charge >= 0.3 is 0 Å². The van der Waals surface area contributed by atoms with Crippen molar-refractivity contribution in [3.8, 4) is 0 Å². The number of aryl methyl sites for hydroxylation is 2. The quantitative estimate of drug-likeness (QED) is 0.619. The summed E-state index contributed by atoms with van der Waals surface area (Å²) in [5, 5.41) is 13.2. The number of oxime groups is 1. The summed E-state index contributed by atoms with van der Waals surface area (Å²) in [6, 6.07) is 0. The first-order valence-corrected chi connectivity index (χ1v) is 8.06. The van der Waals surface area contributed by atoms with Gasteiger partial charge in [0.2, 0.25) is 0 Å². The van der Waals surface area contributed by atoms with Gasteiger partial charge in [-0.05, 0) is 25.3 Å². The van der Waals surface area contributed by atoms with Crippen molar-refractivity contribution in [3.05, 3.63) is 23.3 Å². The van der Waals surface area contributed by atoms with Crippen LogP contribution in [0.25, 0.3) is 0 Å². The number of nitrogens with zero attached hydrogens (tertiary/aromatic N) is 3. The lowest BCUT2D eigenvalue weighted by molar-refractivity contribution is 0.0312. The van der Waals surface area contributed by atoms with Gasteiger partial charge in [-0.1, -0.05) is 46.7 Å². The summed E-state index contributed by atoms with van der Waals surface area (Å²) in [6.45, 7) is 14.2. The van der Waals surface area contributed by atoms with E-state index in [2.05, 4.69) is 29.0 Å². The Bertz CT molecular complexity index is 471. The Hall–Kier alpha value is -1.49. The third-order valence-electron chi connectivity index (χ3n) is 3.08. The largest absolute Gasteiger partial charge is 0.396 e. The zero-order valence-electron chi connectivity index (χ0n) is 15.1. The summed E-state index contributed by atoms with van der Waals surface area (Å²) < 4.78 is 0. The maximum absolute atomic E-state index is 9.15. The van der Waals surface area contributed by atoms with Gasteiger partial charge in [0.05, 0.1) is 6.61 Å². The average molecular weight is 309 g/mol. The molecule has 0 saturated heterocycles. The molecule has 22 heavy (non-hydrogen) atoms. The van der Waals surface area contributed by atoms with Crippen LogP contribution >= 0.6 is 0 Å². The maximum Gasteiger partial charge on any atom is 0.177 e. The van der Waals surface area contributed by atoms with Crippen LogP contribution in [0.4, 0.5) is 0 Å². The molecule has 1 aromatic rings. The van der Waals surface area contributed by atoms with Gasteiger partial charge in [0.1, 0.15) is 12.3 Å². The van der Waals surface area contributed by atoms with Crippen LogP contribution in [-0.2, 0) is 17.7 Å². The fourth-order valence-electron chi connectivity index (χ4n) is 1.61. The lowest BCUT2D eigenvalue weighted by atomic mass is 9.97. The van der Waals surface area contributed by atoms with Crippen LogP contribution in [-0.4, -0.2) is 34.0 Å². The topological polar surface area (TPSA) is 67.6 Å². The van der Waals surface area contributed by atoms with Gasteiger partial charge in [0.15, 0.2) is 5.82 Å². The molecule has 1 rings (SSSR count). The minimum absolute atomic E-state index is 0.0588. The van der Waals surface area contributed by atoms with Crippen molar-refractivity contribution in [2.75, 3.05) is 13.2 Å². The molecule has 0 aliphatic carbocycles. The molecule has 0 spiro atoms. The van der Waals surface area contributed by atoms with Gasteiger partial charge in [-0.25, -0.2) is 9.97 Å². The van der Waals surface area contributed by atoms with E-state index in [0.717, 1.165) is 18.5 Å². The molecule has 5 nitrogen and oxygen atoms in total. The lowest BCUT2D eigenvalue weighted by Gasteiger charge is -2.19. The maximum atomic E-state index is 9.15. The number of aliphatic hydroxyl groups is 1. The Balaban J connectivity index is 0.00000211. The number of rotatable bonds is 7. The van der Waals surface area contributed by atoms with Crippen LogP contribution in [0.1, 0.15) is 65.5 Å². The lowest BCUT2D eigenvalue weighted by Crippen LogP contribution is -2.22. The van der Waals surface area contributed by atoms with Crippen molar-refractivity contribution >= 4 is 5.71 Å². The van der Waals surface area contributed by atoms with Crippen molar-refractivity contribution in [2.45, 2.75) is 61.3 Å². The monoisotopic (exact) mass is 309 g/mol. The summed E-state index contributed by atoms with van der Waals surface area (Å²) in [4.78, 5) is 14.1. The Kier molecular flexibility index (Phi) is 9.58. The van der Waals surface area contributed by atoms with E-state index in [9.17, 15) is 0 Å². The molecule has 0 saturated carbocycles. The summed E-state index contributed by atoms with van der Waals surface area (Å²) in [7, 11) is 0. The molecule has 0 aliphatic heterocycles. The molecular weight excluding hydrogens is 278 g/mol. The van der Waals surface area contributed by atoms with E-state index in [-0.39, 0.29) is 12.0 Å². The molecular formula is C17H31N3O2. The van der Waals surface area contributed by atoms with E-state index < -0.39 is 0 Å². The Morgan fingerprint density at radius 1 is 1.27 bits per heavy atom. The molecule has 0 fully saturated rings. The highest BCUT2D eigenvalue weighted by atomic mass is 16.6. The zero-order valence-corrected chi connectivity index (χ0v) is 15.1. The van der Waals surface area contributed by atoms with Gasteiger partial charge in [-0.3, -0.25) is 0 Å². The molecule has 0 radical (unpaired) electrons. The summed E-state index contributed by atoms with van der Waals surface area (Å²) >= 11 is 0. The minimum Gasteiger partial charge on any atom is -0.396 e. The number of aliphatic hydroxyl groups excluding tert-OH is 1. The van der Waals surface area contributed by atoms with E-state index in [1.165, 1.54) is 5.56 Å². The first-order valence-electron chi connectivity index (χ1n) is 8.06. The fraction of sp³-hybridized carbons (Fsp3) is 0.706. The Labute approximate surface area is 134 Å². The molecule has 0 atom stereocenters.